The lowest BCUT2D eigenvalue weighted by Gasteiger charge is -2.23. The Morgan fingerprint density at radius 2 is 1.61 bits per heavy atom. The van der Waals surface area contributed by atoms with E-state index in [9.17, 15) is 0 Å². The summed E-state index contributed by atoms with van der Waals surface area (Å²) in [5, 5.41) is 2.27. The van der Waals surface area contributed by atoms with Crippen molar-refractivity contribution >= 4 is 11.0 Å². The molecule has 0 unspecified atom stereocenters. The van der Waals surface area contributed by atoms with Gasteiger partial charge in [0.2, 0.25) is 5.36 Å². The summed E-state index contributed by atoms with van der Waals surface area (Å²) < 4.78 is 25.4. The molecule has 0 bridgehead atoms. The second kappa shape index (κ2) is 7.68. The Hall–Kier alpha value is -2.79. The Morgan fingerprint density at radius 1 is 0.893 bits per heavy atom. The maximum absolute atomic E-state index is 6.25. The lowest BCUT2D eigenvalue weighted by molar-refractivity contribution is -0.0261. The number of para-hydroxylation sites is 1. The van der Waals surface area contributed by atoms with Gasteiger partial charge < -0.3 is 18.6 Å². The predicted molar refractivity (Wildman–Crippen MR) is 110 cm³/mol. The van der Waals surface area contributed by atoms with E-state index in [1.165, 1.54) is 0 Å². The van der Waals surface area contributed by atoms with Gasteiger partial charge in [0.05, 0.1) is 25.7 Å². The molecule has 1 fully saturated rings. The van der Waals surface area contributed by atoms with E-state index >= 15 is 0 Å². The summed E-state index contributed by atoms with van der Waals surface area (Å²) in [6.07, 6.45) is 0.369. The van der Waals surface area contributed by atoms with Crippen LogP contribution in [0.25, 0.3) is 22.3 Å². The molecule has 28 heavy (non-hydrogen) atoms. The molecule has 0 radical (unpaired) electrons. The summed E-state index contributed by atoms with van der Waals surface area (Å²) in [6.45, 7) is 5.94. The highest BCUT2D eigenvalue weighted by Crippen LogP contribution is 2.32. The van der Waals surface area contributed by atoms with Gasteiger partial charge in [-0.1, -0.05) is 12.1 Å². The third-order valence-electron chi connectivity index (χ3n) is 5.08. The van der Waals surface area contributed by atoms with E-state index in [2.05, 4.69) is 30.6 Å². The molecule has 2 aromatic carbocycles. The molecule has 4 rings (SSSR count). The third kappa shape index (κ3) is 3.50. The van der Waals surface area contributed by atoms with Crippen LogP contribution in [0.4, 0.5) is 0 Å². The van der Waals surface area contributed by atoms with Crippen LogP contribution in [0.5, 0.6) is 11.5 Å². The number of nitrogens with zero attached hydrogens (tertiary/aromatic N) is 1. The molecule has 5 nitrogen and oxygen atoms in total. The highest BCUT2D eigenvalue weighted by atomic mass is 16.5. The number of ether oxygens (including phenoxy) is 3. The maximum atomic E-state index is 6.25. The minimum absolute atomic E-state index is 0.184. The molecule has 3 aromatic rings. The van der Waals surface area contributed by atoms with Crippen LogP contribution >= 0.6 is 0 Å². The first-order valence-corrected chi connectivity index (χ1v) is 9.57. The average Bonchev–Trinajstić information content (AvgIpc) is 2.71. The van der Waals surface area contributed by atoms with Crippen LogP contribution in [0.15, 0.2) is 52.9 Å². The van der Waals surface area contributed by atoms with Gasteiger partial charge in [-0.25, -0.2) is 4.58 Å². The quantitative estimate of drug-likeness (QED) is 0.650. The number of methoxy groups -OCH3 is 2. The first kappa shape index (κ1) is 18.6. The average molecular weight is 380 g/mol. The van der Waals surface area contributed by atoms with Gasteiger partial charge in [0.15, 0.2) is 24.6 Å². The van der Waals surface area contributed by atoms with Gasteiger partial charge in [0, 0.05) is 5.56 Å². The zero-order chi connectivity index (χ0) is 19.7. The van der Waals surface area contributed by atoms with E-state index in [1.807, 2.05) is 36.4 Å². The molecule has 1 aliphatic heterocycles. The molecular weight excluding hydrogens is 354 g/mol. The normalized spacial score (nSPS) is 19.6. The molecular formula is C23H26NO4+. The molecule has 146 valence electrons. The first-order chi connectivity index (χ1) is 13.6. The number of morpholine rings is 1. The van der Waals surface area contributed by atoms with Gasteiger partial charge in [-0.3, -0.25) is 0 Å². The Bertz CT molecular complexity index is 1060. The van der Waals surface area contributed by atoms with Crippen molar-refractivity contribution in [3.63, 3.8) is 0 Å². The van der Waals surface area contributed by atoms with E-state index < -0.39 is 0 Å². The fourth-order valence-corrected chi connectivity index (χ4v) is 3.89. The van der Waals surface area contributed by atoms with Crippen LogP contribution in [0, 0.1) is 0 Å². The molecule has 1 aromatic heterocycles. The summed E-state index contributed by atoms with van der Waals surface area (Å²) in [5.74, 6) is 2.17. The smallest absolute Gasteiger partial charge is 0.214 e. The number of benzene rings is 2. The summed E-state index contributed by atoms with van der Waals surface area (Å²) in [4.78, 5) is 0. The molecule has 2 heterocycles. The van der Waals surface area contributed by atoms with Crippen LogP contribution in [0.3, 0.4) is 0 Å². The Labute approximate surface area is 164 Å². The van der Waals surface area contributed by atoms with E-state index in [0.29, 0.717) is 11.5 Å². The molecule has 0 amide bonds. The van der Waals surface area contributed by atoms with Gasteiger partial charge in [0.25, 0.3) is 0 Å². The van der Waals surface area contributed by atoms with Crippen molar-refractivity contribution in [1.29, 1.82) is 0 Å². The van der Waals surface area contributed by atoms with Crippen LogP contribution < -0.4 is 19.4 Å². The van der Waals surface area contributed by atoms with Gasteiger partial charge in [-0.05, 0) is 44.2 Å². The molecule has 1 aliphatic rings. The van der Waals surface area contributed by atoms with Gasteiger partial charge in [0.1, 0.15) is 23.6 Å². The molecule has 0 saturated carbocycles. The van der Waals surface area contributed by atoms with Crippen molar-refractivity contribution in [1.82, 2.24) is 4.58 Å². The predicted octanol–water partition coefficient (Wildman–Crippen LogP) is 3.70. The SMILES string of the molecule is COc1ccc(-c2cc(=[N+]3C[C@@H](C)O[C@H](C)C3)c3ccccc3o2)cc1OC. The zero-order valence-corrected chi connectivity index (χ0v) is 16.8. The van der Waals surface area contributed by atoms with Gasteiger partial charge in [-0.15, -0.1) is 0 Å². The monoisotopic (exact) mass is 380 g/mol. The zero-order valence-electron chi connectivity index (χ0n) is 16.8. The summed E-state index contributed by atoms with van der Waals surface area (Å²) in [5.41, 5.74) is 1.80. The van der Waals surface area contributed by atoms with Crippen LogP contribution in [0.2, 0.25) is 0 Å². The lowest BCUT2D eigenvalue weighted by atomic mass is 10.1. The largest absolute Gasteiger partial charge is 0.493 e. The Morgan fingerprint density at radius 3 is 2.32 bits per heavy atom. The summed E-state index contributed by atoms with van der Waals surface area (Å²) in [7, 11) is 3.28. The second-order valence-corrected chi connectivity index (χ2v) is 7.22. The Balaban J connectivity index is 1.95. The van der Waals surface area contributed by atoms with Crippen LogP contribution in [-0.4, -0.2) is 39.5 Å². The summed E-state index contributed by atoms with van der Waals surface area (Å²) >= 11 is 0. The number of hydrogen-bond donors (Lipinski definition) is 0. The number of fused-ring (bicyclic) bond motifs is 1. The highest BCUT2D eigenvalue weighted by Gasteiger charge is 2.26. The lowest BCUT2D eigenvalue weighted by Crippen LogP contribution is -2.47. The topological polar surface area (TPSA) is 43.8 Å². The molecule has 0 spiro atoms. The first-order valence-electron chi connectivity index (χ1n) is 9.57. The van der Waals surface area contributed by atoms with E-state index in [0.717, 1.165) is 40.7 Å². The molecule has 0 N–H and O–H groups in total. The van der Waals surface area contributed by atoms with Crippen molar-refractivity contribution in [2.45, 2.75) is 26.1 Å². The van der Waals surface area contributed by atoms with E-state index in [1.54, 1.807) is 14.2 Å². The van der Waals surface area contributed by atoms with Crippen molar-refractivity contribution < 1.29 is 18.6 Å². The van der Waals surface area contributed by atoms with Gasteiger partial charge in [-0.2, -0.15) is 0 Å². The fourth-order valence-electron chi connectivity index (χ4n) is 3.89. The fraction of sp³-hybridized carbons (Fsp3) is 0.348. The Kier molecular flexibility index (Phi) is 5.09. The minimum Gasteiger partial charge on any atom is -0.493 e. The summed E-state index contributed by atoms with van der Waals surface area (Å²) in [6, 6.07) is 16.1. The number of hydrogen-bond acceptors (Lipinski definition) is 4. The molecule has 1 saturated heterocycles. The molecule has 0 aliphatic carbocycles. The van der Waals surface area contributed by atoms with Crippen molar-refractivity contribution in [2.24, 2.45) is 0 Å². The van der Waals surface area contributed by atoms with E-state index in [-0.39, 0.29) is 12.2 Å². The van der Waals surface area contributed by atoms with E-state index in [4.69, 9.17) is 18.6 Å². The second-order valence-electron chi connectivity index (χ2n) is 7.22. The van der Waals surface area contributed by atoms with Gasteiger partial charge >= 0.3 is 0 Å². The highest BCUT2D eigenvalue weighted by molar-refractivity contribution is 5.78. The van der Waals surface area contributed by atoms with Crippen molar-refractivity contribution in [3.05, 3.63) is 53.9 Å². The van der Waals surface area contributed by atoms with Crippen LogP contribution in [-0.2, 0) is 4.74 Å². The minimum atomic E-state index is 0.184. The maximum Gasteiger partial charge on any atom is 0.214 e. The van der Waals surface area contributed by atoms with Crippen molar-refractivity contribution in [3.8, 4) is 22.8 Å². The molecule has 2 atom stereocenters. The molecule has 5 heteroatoms. The van der Waals surface area contributed by atoms with Crippen molar-refractivity contribution in [2.75, 3.05) is 27.3 Å². The van der Waals surface area contributed by atoms with Crippen LogP contribution in [0.1, 0.15) is 13.8 Å². The third-order valence-corrected chi connectivity index (χ3v) is 5.08. The standard InChI is InChI=1S/C23H26NO4/c1-15-13-24(14-16(2)27-15)19-12-22(28-20-8-6-5-7-18(19)20)17-9-10-21(25-3)23(11-17)26-4/h5-12,15-16H,13-14H2,1-4H3/q+1/t15-,16-/m1/s1. The number of rotatable bonds is 3.